The van der Waals surface area contributed by atoms with Gasteiger partial charge < -0.3 is 15.4 Å². The highest BCUT2D eigenvalue weighted by Crippen LogP contribution is 2.29. The van der Waals surface area contributed by atoms with Crippen molar-refractivity contribution in [2.24, 2.45) is 0 Å². The topological polar surface area (TPSA) is 75.4 Å². The van der Waals surface area contributed by atoms with Crippen LogP contribution in [0.3, 0.4) is 0 Å². The molecule has 3 aromatic rings. The van der Waals surface area contributed by atoms with Gasteiger partial charge in [0, 0.05) is 37.8 Å². The smallest absolute Gasteiger partial charge is 0.141 e. The van der Waals surface area contributed by atoms with E-state index in [1.165, 1.54) is 57.5 Å². The van der Waals surface area contributed by atoms with Gasteiger partial charge in [0.05, 0.1) is 18.1 Å². The second-order valence-corrected chi connectivity index (χ2v) is 8.41. The van der Waals surface area contributed by atoms with Crippen molar-refractivity contribution in [1.82, 2.24) is 19.8 Å². The van der Waals surface area contributed by atoms with Gasteiger partial charge in [0.1, 0.15) is 18.4 Å². The van der Waals surface area contributed by atoms with Gasteiger partial charge in [-0.1, -0.05) is 30.3 Å². The molecule has 2 aromatic carbocycles. The van der Waals surface area contributed by atoms with E-state index in [9.17, 15) is 4.39 Å². The highest BCUT2D eigenvalue weighted by atomic mass is 19.1. The number of anilines is 1. The first-order chi connectivity index (χ1) is 16.0. The molecule has 0 atom stereocenters. The molecule has 0 unspecified atom stereocenters. The van der Waals surface area contributed by atoms with Gasteiger partial charge in [0.15, 0.2) is 0 Å². The molecule has 5 rings (SSSR count). The zero-order valence-electron chi connectivity index (χ0n) is 19.4. The molecule has 1 saturated heterocycles. The van der Waals surface area contributed by atoms with Crippen LogP contribution in [0.1, 0.15) is 18.4 Å². The third kappa shape index (κ3) is 6.66. The van der Waals surface area contributed by atoms with E-state index in [1.54, 1.807) is 6.07 Å². The molecule has 1 saturated carbocycles. The van der Waals surface area contributed by atoms with Crippen LogP contribution < -0.4 is 5.73 Å². The minimum Gasteiger partial charge on any atom is -0.382 e. The maximum absolute atomic E-state index is 14.4. The van der Waals surface area contributed by atoms with Crippen LogP contribution >= 0.6 is 0 Å². The van der Waals surface area contributed by atoms with E-state index in [2.05, 4.69) is 26.8 Å². The molecule has 2 aliphatic rings. The van der Waals surface area contributed by atoms with Crippen LogP contribution in [-0.4, -0.2) is 65.8 Å². The summed E-state index contributed by atoms with van der Waals surface area (Å²) in [5.41, 5.74) is 9.35. The third-order valence-corrected chi connectivity index (χ3v) is 5.97. The van der Waals surface area contributed by atoms with E-state index in [-0.39, 0.29) is 5.82 Å². The fourth-order valence-corrected chi connectivity index (χ4v) is 3.89. The Morgan fingerprint density at radius 3 is 2.24 bits per heavy atom. The number of nitrogens with zero attached hydrogens (tertiary/aromatic N) is 4. The van der Waals surface area contributed by atoms with E-state index in [0.29, 0.717) is 17.1 Å². The molecular weight excluding hydrogens is 417 g/mol. The largest absolute Gasteiger partial charge is 0.382 e. The summed E-state index contributed by atoms with van der Waals surface area (Å²) in [6.07, 6.45) is 5.82. The zero-order valence-corrected chi connectivity index (χ0v) is 19.4. The van der Waals surface area contributed by atoms with E-state index in [4.69, 9.17) is 10.5 Å². The predicted octanol–water partition coefficient (Wildman–Crippen LogP) is 4.05. The summed E-state index contributed by atoms with van der Waals surface area (Å²) in [5, 5.41) is 0. The van der Waals surface area contributed by atoms with E-state index >= 15 is 0 Å². The minimum atomic E-state index is -0.324. The lowest BCUT2D eigenvalue weighted by molar-refractivity contribution is -0.0979. The molecular formula is C26H32FN5O. The van der Waals surface area contributed by atoms with Crippen LogP contribution in [0.4, 0.5) is 10.2 Å². The van der Waals surface area contributed by atoms with Gasteiger partial charge in [0.25, 0.3) is 0 Å². The molecule has 174 valence electrons. The Morgan fingerprint density at radius 2 is 1.67 bits per heavy atom. The number of nitrogens with two attached hydrogens (primary N) is 1. The Bertz CT molecular complexity index is 1030. The summed E-state index contributed by atoms with van der Waals surface area (Å²) in [5.74, 6) is -0.00878. The van der Waals surface area contributed by atoms with Gasteiger partial charge in [-0.25, -0.2) is 9.37 Å². The highest BCUT2D eigenvalue weighted by Gasteiger charge is 2.30. The number of aryl methyl sites for hydroxylation is 1. The molecule has 0 radical (unpaired) electrons. The summed E-state index contributed by atoms with van der Waals surface area (Å²) in [6.45, 7) is 9.17. The number of halogens is 1. The molecule has 6 nitrogen and oxygen atoms in total. The number of rotatable bonds is 3. The number of nitrogen functional groups attached to an aromatic ring is 1. The van der Waals surface area contributed by atoms with E-state index < -0.39 is 0 Å². The summed E-state index contributed by atoms with van der Waals surface area (Å²) in [7, 11) is 2.21. The van der Waals surface area contributed by atoms with Crippen molar-refractivity contribution >= 4 is 12.6 Å². The number of piperazine rings is 1. The van der Waals surface area contributed by atoms with Crippen LogP contribution in [0.5, 0.6) is 0 Å². The third-order valence-electron chi connectivity index (χ3n) is 5.97. The molecule has 2 N–H and O–H groups in total. The summed E-state index contributed by atoms with van der Waals surface area (Å²) < 4.78 is 14.4. The molecule has 2 fully saturated rings. The lowest BCUT2D eigenvalue weighted by atomic mass is 9.98. The number of hydrogen-bond donors (Lipinski definition) is 1. The highest BCUT2D eigenvalue weighted by molar-refractivity contribution is 5.71. The molecule has 2 heterocycles. The number of carbonyl (C=O) groups excluding carboxylic acids is 1. The Balaban J connectivity index is 0.000000212. The molecule has 1 aromatic heterocycles. The van der Waals surface area contributed by atoms with Gasteiger partial charge >= 0.3 is 0 Å². The predicted molar refractivity (Wildman–Crippen MR) is 131 cm³/mol. The van der Waals surface area contributed by atoms with Gasteiger partial charge in [-0.05, 0) is 55.6 Å². The molecule has 0 spiro atoms. The molecule has 0 amide bonds. The van der Waals surface area contributed by atoms with Crippen molar-refractivity contribution in [2.45, 2.75) is 25.8 Å². The fourth-order valence-electron chi connectivity index (χ4n) is 3.89. The molecule has 0 bridgehead atoms. The van der Waals surface area contributed by atoms with Crippen molar-refractivity contribution < 1.29 is 9.18 Å². The first-order valence-electron chi connectivity index (χ1n) is 11.2. The van der Waals surface area contributed by atoms with Crippen LogP contribution in [0.15, 0.2) is 54.9 Å². The van der Waals surface area contributed by atoms with Crippen molar-refractivity contribution in [3.63, 3.8) is 0 Å². The lowest BCUT2D eigenvalue weighted by Gasteiger charge is -2.32. The fraction of sp³-hybridized carbons (Fsp3) is 0.346. The first-order valence-corrected chi connectivity index (χ1v) is 11.2. The Labute approximate surface area is 195 Å². The van der Waals surface area contributed by atoms with Crippen molar-refractivity contribution in [3.05, 3.63) is 66.2 Å². The van der Waals surface area contributed by atoms with Gasteiger partial charge in [0.2, 0.25) is 0 Å². The number of benzene rings is 2. The average Bonchev–Trinajstić information content (AvgIpc) is 3.68. The first kappa shape index (κ1) is 24.5. The number of hydrogen-bond acceptors (Lipinski definition) is 6. The average molecular weight is 450 g/mol. The Kier molecular flexibility index (Phi) is 8.63. The molecule has 33 heavy (non-hydrogen) atoms. The van der Waals surface area contributed by atoms with Gasteiger partial charge in [-0.3, -0.25) is 9.88 Å². The number of likely N-dealkylation sites (N-methyl/N-ethyl adjacent to an activating group) is 1. The quantitative estimate of drug-likeness (QED) is 0.650. The number of carbonyl (C=O) groups is 1. The minimum absolute atomic E-state index is 0.315. The Morgan fingerprint density at radius 1 is 0.970 bits per heavy atom. The standard InChI is InChI=1S/C17H14FN3.C8H16N2.CH2O/c1-11-4-2-3-5-13(11)12-6-7-14(15(18)8-12)16-9-21-17(19)10-20-16;1-9-4-6-10(7-5-9)8-2-3-8;1-2/h2-10H,1H3,(H2,19,21);8H,2-7H2,1H3;1H2. The lowest BCUT2D eigenvalue weighted by Crippen LogP contribution is -2.45. The van der Waals surface area contributed by atoms with Crippen LogP contribution in [0.2, 0.25) is 0 Å². The monoisotopic (exact) mass is 449 g/mol. The van der Waals surface area contributed by atoms with Gasteiger partial charge in [-0.15, -0.1) is 0 Å². The normalized spacial score (nSPS) is 16.2. The van der Waals surface area contributed by atoms with E-state index in [0.717, 1.165) is 22.7 Å². The molecule has 1 aliphatic carbocycles. The van der Waals surface area contributed by atoms with E-state index in [1.807, 2.05) is 44.0 Å². The molecule has 7 heteroatoms. The van der Waals surface area contributed by atoms with Gasteiger partial charge in [-0.2, -0.15) is 0 Å². The summed E-state index contributed by atoms with van der Waals surface area (Å²) in [4.78, 5) is 21.1. The van der Waals surface area contributed by atoms with Crippen molar-refractivity contribution in [1.29, 1.82) is 0 Å². The summed E-state index contributed by atoms with van der Waals surface area (Å²) >= 11 is 0. The van der Waals surface area contributed by atoms with Crippen molar-refractivity contribution in [3.8, 4) is 22.4 Å². The van der Waals surface area contributed by atoms with Crippen LogP contribution in [0, 0.1) is 12.7 Å². The Hall–Kier alpha value is -3.16. The maximum Gasteiger partial charge on any atom is 0.141 e. The SMILES string of the molecule is C=O.CN1CCN(C2CC2)CC1.Cc1ccccc1-c1ccc(-c2cnc(N)cn2)c(F)c1. The number of aromatic nitrogens is 2. The van der Waals surface area contributed by atoms with Crippen molar-refractivity contribution in [2.75, 3.05) is 39.0 Å². The zero-order chi connectivity index (χ0) is 23.8. The maximum atomic E-state index is 14.4. The molecule has 1 aliphatic heterocycles. The second kappa shape index (κ2) is 11.6. The summed E-state index contributed by atoms with van der Waals surface area (Å²) in [6, 6.07) is 14.0. The second-order valence-electron chi connectivity index (χ2n) is 8.41. The van der Waals surface area contributed by atoms with Crippen LogP contribution in [-0.2, 0) is 4.79 Å². The van der Waals surface area contributed by atoms with Crippen LogP contribution in [0.25, 0.3) is 22.4 Å².